The molecule has 0 spiro atoms. The number of amides is 1. The summed E-state index contributed by atoms with van der Waals surface area (Å²) in [6.45, 7) is 6.25. The summed E-state index contributed by atoms with van der Waals surface area (Å²) in [5.41, 5.74) is 2.11. The maximum absolute atomic E-state index is 12.7. The number of rotatable bonds is 5. The number of benzene rings is 2. The molecule has 1 aliphatic rings. The number of carbonyl (C=O) groups is 1. The summed E-state index contributed by atoms with van der Waals surface area (Å²) in [6.07, 6.45) is 0. The molecule has 1 fully saturated rings. The summed E-state index contributed by atoms with van der Waals surface area (Å²) >= 11 is 1.75. The third-order valence-corrected chi connectivity index (χ3v) is 6.36. The maximum Gasteiger partial charge on any atom is 0.241 e. The van der Waals surface area contributed by atoms with E-state index >= 15 is 0 Å². The molecule has 1 N–H and O–H groups in total. The third-order valence-electron chi connectivity index (χ3n) is 5.34. The maximum atomic E-state index is 12.7. The van der Waals surface area contributed by atoms with Crippen LogP contribution in [0, 0.1) is 11.3 Å². The summed E-state index contributed by atoms with van der Waals surface area (Å²) < 4.78 is 1.23. The van der Waals surface area contributed by atoms with E-state index in [4.69, 9.17) is 4.98 Å². The van der Waals surface area contributed by atoms with Crippen LogP contribution in [-0.4, -0.2) is 52.9 Å². The number of aromatic nitrogens is 1. The number of nitrogens with one attached hydrogen (secondary N) is 1. The standard InChI is InChI=1S/C22H23N5OS/c1-16(22(28)25-18-7-3-2-6-17(18)14-23)27-12-10-26(11-13-27)15-21-24-19-8-4-5-9-20(19)29-21/h2-9,16H,10-13,15H2,1H3,(H,25,28)/t16-/m1/s1. The number of nitrogens with zero attached hydrogens (tertiary/aromatic N) is 4. The summed E-state index contributed by atoms with van der Waals surface area (Å²) in [4.78, 5) is 22.0. The van der Waals surface area contributed by atoms with Gasteiger partial charge >= 0.3 is 0 Å². The van der Waals surface area contributed by atoms with E-state index in [1.165, 1.54) is 4.70 Å². The smallest absolute Gasteiger partial charge is 0.241 e. The van der Waals surface area contributed by atoms with Gasteiger partial charge in [-0.25, -0.2) is 4.98 Å². The van der Waals surface area contributed by atoms with Gasteiger partial charge in [0.1, 0.15) is 11.1 Å². The molecule has 3 aromatic rings. The number of thiazole rings is 1. The molecule has 1 saturated heterocycles. The van der Waals surface area contributed by atoms with Crippen molar-refractivity contribution in [1.82, 2.24) is 14.8 Å². The van der Waals surface area contributed by atoms with Gasteiger partial charge in [-0.1, -0.05) is 24.3 Å². The zero-order valence-corrected chi connectivity index (χ0v) is 17.2. The van der Waals surface area contributed by atoms with Gasteiger partial charge < -0.3 is 5.32 Å². The Morgan fingerprint density at radius 2 is 1.90 bits per heavy atom. The zero-order valence-electron chi connectivity index (χ0n) is 16.3. The van der Waals surface area contributed by atoms with E-state index in [2.05, 4.69) is 33.3 Å². The molecule has 1 aliphatic heterocycles. The van der Waals surface area contributed by atoms with Gasteiger partial charge in [0.25, 0.3) is 0 Å². The number of anilines is 1. The number of nitriles is 1. The van der Waals surface area contributed by atoms with Crippen LogP contribution in [0.2, 0.25) is 0 Å². The van der Waals surface area contributed by atoms with Crippen molar-refractivity contribution in [2.24, 2.45) is 0 Å². The van der Waals surface area contributed by atoms with Crippen LogP contribution < -0.4 is 5.32 Å². The minimum absolute atomic E-state index is 0.0766. The highest BCUT2D eigenvalue weighted by Gasteiger charge is 2.26. The van der Waals surface area contributed by atoms with Gasteiger partial charge in [0.2, 0.25) is 5.91 Å². The summed E-state index contributed by atoms with van der Waals surface area (Å²) in [5.74, 6) is -0.0766. The first-order valence-electron chi connectivity index (χ1n) is 9.75. The Bertz CT molecular complexity index is 1020. The van der Waals surface area contributed by atoms with Crippen LogP contribution in [0.15, 0.2) is 48.5 Å². The largest absolute Gasteiger partial charge is 0.324 e. The van der Waals surface area contributed by atoms with Gasteiger partial charge in [0, 0.05) is 26.2 Å². The van der Waals surface area contributed by atoms with Gasteiger partial charge in [-0.2, -0.15) is 5.26 Å². The molecular weight excluding hydrogens is 382 g/mol. The fourth-order valence-corrected chi connectivity index (χ4v) is 4.59. The lowest BCUT2D eigenvalue weighted by atomic mass is 10.1. The Morgan fingerprint density at radius 3 is 2.66 bits per heavy atom. The molecule has 0 unspecified atom stereocenters. The molecule has 2 heterocycles. The first kappa shape index (κ1) is 19.5. The molecule has 1 amide bonds. The number of piperazine rings is 1. The van der Waals surface area contributed by atoms with Crippen LogP contribution in [-0.2, 0) is 11.3 Å². The average Bonchev–Trinajstić information content (AvgIpc) is 3.16. The zero-order chi connectivity index (χ0) is 20.2. The molecule has 6 nitrogen and oxygen atoms in total. The van der Waals surface area contributed by atoms with Crippen LogP contribution in [0.3, 0.4) is 0 Å². The second-order valence-corrected chi connectivity index (χ2v) is 8.33. The van der Waals surface area contributed by atoms with Gasteiger partial charge in [-0.3, -0.25) is 14.6 Å². The van der Waals surface area contributed by atoms with Crippen molar-refractivity contribution < 1.29 is 4.79 Å². The van der Waals surface area contributed by atoms with Gasteiger partial charge in [0.15, 0.2) is 0 Å². The van der Waals surface area contributed by atoms with Gasteiger partial charge in [0.05, 0.1) is 34.1 Å². The fraction of sp³-hybridized carbons (Fsp3) is 0.318. The molecule has 29 heavy (non-hydrogen) atoms. The second kappa shape index (κ2) is 8.70. The van der Waals surface area contributed by atoms with Crippen molar-refractivity contribution >= 4 is 33.1 Å². The van der Waals surface area contributed by atoms with Gasteiger partial charge in [-0.05, 0) is 31.2 Å². The Balaban J connectivity index is 1.31. The topological polar surface area (TPSA) is 72.3 Å². The lowest BCUT2D eigenvalue weighted by Gasteiger charge is -2.37. The summed E-state index contributed by atoms with van der Waals surface area (Å²) in [5, 5.41) is 13.2. The highest BCUT2D eigenvalue weighted by atomic mass is 32.1. The molecule has 4 rings (SSSR count). The molecule has 0 radical (unpaired) electrons. The van der Waals surface area contributed by atoms with E-state index in [0.717, 1.165) is 43.2 Å². The minimum atomic E-state index is -0.244. The van der Waals surface area contributed by atoms with E-state index < -0.39 is 0 Å². The van der Waals surface area contributed by atoms with E-state index in [0.29, 0.717) is 11.3 Å². The van der Waals surface area contributed by atoms with E-state index in [-0.39, 0.29) is 11.9 Å². The summed E-state index contributed by atoms with van der Waals surface area (Å²) in [7, 11) is 0. The molecule has 0 saturated carbocycles. The molecule has 0 aliphatic carbocycles. The Morgan fingerprint density at radius 1 is 1.17 bits per heavy atom. The molecule has 1 atom stereocenters. The van der Waals surface area contributed by atoms with E-state index in [9.17, 15) is 10.1 Å². The number of carbonyl (C=O) groups excluding carboxylic acids is 1. The van der Waals surface area contributed by atoms with Crippen LogP contribution in [0.5, 0.6) is 0 Å². The predicted octanol–water partition coefficient (Wildman–Crippen LogP) is 3.31. The van der Waals surface area contributed by atoms with Crippen LogP contribution in [0.25, 0.3) is 10.2 Å². The Labute approximate surface area is 174 Å². The Hall–Kier alpha value is -2.79. The normalized spacial score (nSPS) is 16.4. The SMILES string of the molecule is C[C@H](C(=O)Nc1ccccc1C#N)N1CCN(Cc2nc3ccccc3s2)CC1. The second-order valence-electron chi connectivity index (χ2n) is 7.21. The van der Waals surface area contributed by atoms with Gasteiger partial charge in [-0.15, -0.1) is 11.3 Å². The number of hydrogen-bond donors (Lipinski definition) is 1. The fourth-order valence-electron chi connectivity index (χ4n) is 3.58. The molecule has 0 bridgehead atoms. The minimum Gasteiger partial charge on any atom is -0.324 e. The van der Waals surface area contributed by atoms with Crippen LogP contribution in [0.4, 0.5) is 5.69 Å². The first-order chi connectivity index (χ1) is 14.1. The van der Waals surface area contributed by atoms with Crippen LogP contribution in [0.1, 0.15) is 17.5 Å². The first-order valence-corrected chi connectivity index (χ1v) is 10.6. The number of para-hydroxylation sites is 2. The lowest BCUT2D eigenvalue weighted by Crippen LogP contribution is -2.52. The van der Waals surface area contributed by atoms with Crippen molar-refractivity contribution in [2.75, 3.05) is 31.5 Å². The van der Waals surface area contributed by atoms with E-state index in [1.54, 1.807) is 29.5 Å². The van der Waals surface area contributed by atoms with Crippen molar-refractivity contribution in [3.05, 3.63) is 59.1 Å². The average molecular weight is 406 g/mol. The highest BCUT2D eigenvalue weighted by molar-refractivity contribution is 7.18. The Kier molecular flexibility index (Phi) is 5.86. The molecule has 1 aromatic heterocycles. The monoisotopic (exact) mass is 405 g/mol. The quantitative estimate of drug-likeness (QED) is 0.705. The predicted molar refractivity (Wildman–Crippen MR) is 116 cm³/mol. The molecule has 148 valence electrons. The molecular formula is C22H23N5OS. The summed E-state index contributed by atoms with van der Waals surface area (Å²) in [6, 6.07) is 17.2. The van der Waals surface area contributed by atoms with Crippen LogP contribution >= 0.6 is 11.3 Å². The van der Waals surface area contributed by atoms with Crippen molar-refractivity contribution in [2.45, 2.75) is 19.5 Å². The lowest BCUT2D eigenvalue weighted by molar-refractivity contribution is -0.121. The van der Waals surface area contributed by atoms with Crippen molar-refractivity contribution in [3.63, 3.8) is 0 Å². The van der Waals surface area contributed by atoms with Crippen molar-refractivity contribution in [3.8, 4) is 6.07 Å². The highest BCUT2D eigenvalue weighted by Crippen LogP contribution is 2.23. The number of fused-ring (bicyclic) bond motifs is 1. The molecule has 7 heteroatoms. The number of hydrogen-bond acceptors (Lipinski definition) is 6. The molecule has 2 aromatic carbocycles. The third kappa shape index (κ3) is 4.46. The van der Waals surface area contributed by atoms with E-state index in [1.807, 2.05) is 25.1 Å². The van der Waals surface area contributed by atoms with Crippen molar-refractivity contribution in [1.29, 1.82) is 5.26 Å².